The van der Waals surface area contributed by atoms with E-state index in [1.54, 1.807) is 19.1 Å². The molecule has 2 atom stereocenters. The van der Waals surface area contributed by atoms with Gasteiger partial charge in [0.1, 0.15) is 17.6 Å². The SMILES string of the molecule is Cc1cc(=O)c(C(=O)OC2CCCC(C)C2)nn1-c1ccccc1F. The first-order chi connectivity index (χ1) is 12.0. The van der Waals surface area contributed by atoms with E-state index in [0.717, 1.165) is 25.7 Å². The maximum absolute atomic E-state index is 14.0. The number of nitrogens with zero attached hydrogens (tertiary/aromatic N) is 2. The Labute approximate surface area is 145 Å². The van der Waals surface area contributed by atoms with Crippen molar-refractivity contribution in [3.63, 3.8) is 0 Å². The van der Waals surface area contributed by atoms with Gasteiger partial charge < -0.3 is 4.74 Å². The smallest absolute Gasteiger partial charge is 0.363 e. The van der Waals surface area contributed by atoms with Gasteiger partial charge in [-0.15, -0.1) is 0 Å². The number of esters is 1. The summed E-state index contributed by atoms with van der Waals surface area (Å²) in [4.78, 5) is 24.6. The van der Waals surface area contributed by atoms with Gasteiger partial charge in [0.05, 0.1) is 0 Å². The van der Waals surface area contributed by atoms with Gasteiger partial charge >= 0.3 is 5.97 Å². The lowest BCUT2D eigenvalue weighted by atomic mass is 9.89. The molecule has 0 bridgehead atoms. The van der Waals surface area contributed by atoms with Crippen molar-refractivity contribution in [2.75, 3.05) is 0 Å². The van der Waals surface area contributed by atoms with Crippen molar-refractivity contribution in [1.29, 1.82) is 0 Å². The van der Waals surface area contributed by atoms with Gasteiger partial charge in [-0.25, -0.2) is 13.9 Å². The minimum absolute atomic E-state index is 0.181. The lowest BCUT2D eigenvalue weighted by Gasteiger charge is -2.26. The molecule has 0 spiro atoms. The maximum atomic E-state index is 14.0. The molecule has 5 nitrogen and oxygen atoms in total. The van der Waals surface area contributed by atoms with Crippen LogP contribution in [-0.2, 0) is 4.74 Å². The number of hydrogen-bond acceptors (Lipinski definition) is 4. The monoisotopic (exact) mass is 344 g/mol. The van der Waals surface area contributed by atoms with Crippen LogP contribution in [0, 0.1) is 18.7 Å². The normalized spacial score (nSPS) is 20.3. The molecule has 2 unspecified atom stereocenters. The molecule has 0 saturated heterocycles. The van der Waals surface area contributed by atoms with E-state index in [1.165, 1.54) is 22.9 Å². The van der Waals surface area contributed by atoms with E-state index in [2.05, 4.69) is 12.0 Å². The van der Waals surface area contributed by atoms with E-state index in [4.69, 9.17) is 4.74 Å². The lowest BCUT2D eigenvalue weighted by molar-refractivity contribution is 0.0145. The predicted octanol–water partition coefficient (Wildman–Crippen LogP) is 3.42. The van der Waals surface area contributed by atoms with E-state index in [9.17, 15) is 14.0 Å². The standard InChI is InChI=1S/C19H21FN2O3/c1-12-6-5-7-14(10-12)25-19(24)18-17(23)11-13(2)22(21-18)16-9-4-3-8-15(16)20/h3-4,8-9,11-12,14H,5-7,10H2,1-2H3. The fraction of sp³-hybridized carbons (Fsp3) is 0.421. The number of hydrogen-bond donors (Lipinski definition) is 0. The molecule has 3 rings (SSSR count). The third-order valence-corrected chi connectivity index (χ3v) is 4.54. The Morgan fingerprint density at radius 2 is 2.08 bits per heavy atom. The minimum atomic E-state index is -0.741. The van der Waals surface area contributed by atoms with Gasteiger partial charge in [0.25, 0.3) is 0 Å². The third kappa shape index (κ3) is 3.78. The second kappa shape index (κ2) is 7.17. The average Bonchev–Trinajstić information content (AvgIpc) is 2.56. The Hall–Kier alpha value is -2.50. The summed E-state index contributed by atoms with van der Waals surface area (Å²) in [7, 11) is 0. The molecule has 2 aromatic rings. The number of carbonyl (C=O) groups excluding carboxylic acids is 1. The molecule has 0 N–H and O–H groups in total. The van der Waals surface area contributed by atoms with Gasteiger partial charge in [-0.3, -0.25) is 4.79 Å². The van der Waals surface area contributed by atoms with Crippen LogP contribution < -0.4 is 5.43 Å². The molecule has 1 fully saturated rings. The van der Waals surface area contributed by atoms with Crippen LogP contribution in [0.2, 0.25) is 0 Å². The Morgan fingerprint density at radius 3 is 2.80 bits per heavy atom. The first-order valence-corrected chi connectivity index (χ1v) is 8.52. The zero-order chi connectivity index (χ0) is 18.0. The summed E-state index contributed by atoms with van der Waals surface area (Å²) < 4.78 is 20.8. The first-order valence-electron chi connectivity index (χ1n) is 8.52. The van der Waals surface area contributed by atoms with Crippen LogP contribution in [0.25, 0.3) is 5.69 Å². The predicted molar refractivity (Wildman–Crippen MR) is 91.4 cm³/mol. The van der Waals surface area contributed by atoms with Crippen LogP contribution in [0.3, 0.4) is 0 Å². The zero-order valence-corrected chi connectivity index (χ0v) is 14.4. The van der Waals surface area contributed by atoms with Gasteiger partial charge in [-0.05, 0) is 44.2 Å². The topological polar surface area (TPSA) is 61.2 Å². The summed E-state index contributed by atoms with van der Waals surface area (Å²) in [6.45, 7) is 3.76. The van der Waals surface area contributed by atoms with Gasteiger partial charge in [-0.1, -0.05) is 25.5 Å². The van der Waals surface area contributed by atoms with Crippen molar-refractivity contribution < 1.29 is 13.9 Å². The number of benzene rings is 1. The molecule has 0 radical (unpaired) electrons. The van der Waals surface area contributed by atoms with Crippen molar-refractivity contribution in [3.05, 3.63) is 57.8 Å². The van der Waals surface area contributed by atoms with Crippen LogP contribution >= 0.6 is 0 Å². The van der Waals surface area contributed by atoms with Crippen molar-refractivity contribution in [2.24, 2.45) is 5.92 Å². The Bertz CT molecular complexity index is 847. The molecule has 1 heterocycles. The van der Waals surface area contributed by atoms with Crippen LogP contribution in [0.4, 0.5) is 4.39 Å². The highest BCUT2D eigenvalue weighted by Gasteiger charge is 2.25. The highest BCUT2D eigenvalue weighted by molar-refractivity contribution is 5.87. The molecule has 6 heteroatoms. The van der Waals surface area contributed by atoms with Crippen LogP contribution in [0.15, 0.2) is 35.1 Å². The molecule has 0 aliphatic heterocycles. The summed E-state index contributed by atoms with van der Waals surface area (Å²) in [5.41, 5.74) is -0.204. The van der Waals surface area contributed by atoms with E-state index in [0.29, 0.717) is 11.6 Å². The average molecular weight is 344 g/mol. The third-order valence-electron chi connectivity index (χ3n) is 4.54. The summed E-state index contributed by atoms with van der Waals surface area (Å²) in [5, 5.41) is 4.08. The molecule has 132 valence electrons. The lowest BCUT2D eigenvalue weighted by Crippen LogP contribution is -2.29. The maximum Gasteiger partial charge on any atom is 0.363 e. The second-order valence-corrected chi connectivity index (χ2v) is 6.66. The number of para-hydroxylation sites is 1. The molecular weight excluding hydrogens is 323 g/mol. The Balaban J connectivity index is 1.91. The quantitative estimate of drug-likeness (QED) is 0.801. The van der Waals surface area contributed by atoms with E-state index in [1.807, 2.05) is 0 Å². The van der Waals surface area contributed by atoms with E-state index >= 15 is 0 Å². The number of rotatable bonds is 3. The van der Waals surface area contributed by atoms with Crippen molar-refractivity contribution in [3.8, 4) is 5.69 Å². The summed E-state index contributed by atoms with van der Waals surface area (Å²) >= 11 is 0. The van der Waals surface area contributed by atoms with Gasteiger partial charge in [0, 0.05) is 11.8 Å². The first kappa shape index (κ1) is 17.3. The summed E-state index contributed by atoms with van der Waals surface area (Å²) in [6.07, 6.45) is 3.51. The van der Waals surface area contributed by atoms with E-state index < -0.39 is 17.2 Å². The van der Waals surface area contributed by atoms with Crippen molar-refractivity contribution >= 4 is 5.97 Å². The molecular formula is C19H21FN2O3. The number of aryl methyl sites for hydroxylation is 1. The highest BCUT2D eigenvalue weighted by atomic mass is 19.1. The molecule has 25 heavy (non-hydrogen) atoms. The van der Waals surface area contributed by atoms with Crippen LogP contribution in [0.5, 0.6) is 0 Å². The van der Waals surface area contributed by atoms with Crippen LogP contribution in [0.1, 0.15) is 48.8 Å². The fourth-order valence-corrected chi connectivity index (χ4v) is 3.25. The summed E-state index contributed by atoms with van der Waals surface area (Å²) in [6, 6.07) is 7.35. The van der Waals surface area contributed by atoms with Crippen molar-refractivity contribution in [2.45, 2.75) is 45.6 Å². The van der Waals surface area contributed by atoms with Crippen LogP contribution in [-0.4, -0.2) is 21.9 Å². The second-order valence-electron chi connectivity index (χ2n) is 6.66. The molecule has 1 aliphatic rings. The van der Waals surface area contributed by atoms with Crippen molar-refractivity contribution in [1.82, 2.24) is 9.78 Å². The zero-order valence-electron chi connectivity index (χ0n) is 14.4. The van der Waals surface area contributed by atoms with Gasteiger partial charge in [-0.2, -0.15) is 5.10 Å². The molecule has 1 aromatic heterocycles. The molecule has 1 saturated carbocycles. The largest absolute Gasteiger partial charge is 0.457 e. The number of halogens is 1. The Kier molecular flexibility index (Phi) is 4.97. The molecule has 0 amide bonds. The highest BCUT2D eigenvalue weighted by Crippen LogP contribution is 2.26. The molecule has 1 aromatic carbocycles. The van der Waals surface area contributed by atoms with Gasteiger partial charge in [0.15, 0.2) is 0 Å². The number of ether oxygens (including phenoxy) is 1. The summed E-state index contributed by atoms with van der Waals surface area (Å²) in [5.74, 6) is -0.732. The molecule has 1 aliphatic carbocycles. The Morgan fingerprint density at radius 1 is 1.32 bits per heavy atom. The number of carbonyl (C=O) groups is 1. The van der Waals surface area contributed by atoms with E-state index in [-0.39, 0.29) is 17.5 Å². The van der Waals surface area contributed by atoms with Gasteiger partial charge in [0.2, 0.25) is 11.1 Å². The number of aromatic nitrogens is 2. The minimum Gasteiger partial charge on any atom is -0.457 e. The fourth-order valence-electron chi connectivity index (χ4n) is 3.25.